The van der Waals surface area contributed by atoms with E-state index in [2.05, 4.69) is 4.98 Å². The predicted molar refractivity (Wildman–Crippen MR) is 74.7 cm³/mol. The van der Waals surface area contributed by atoms with Gasteiger partial charge in [-0.1, -0.05) is 6.07 Å². The van der Waals surface area contributed by atoms with Crippen LogP contribution in [-0.2, 0) is 6.18 Å². The van der Waals surface area contributed by atoms with Crippen LogP contribution in [0.2, 0.25) is 0 Å². The van der Waals surface area contributed by atoms with Crippen LogP contribution in [0.1, 0.15) is 15.9 Å². The maximum absolute atomic E-state index is 13.0. The number of halogens is 3. The van der Waals surface area contributed by atoms with Crippen molar-refractivity contribution in [3.05, 3.63) is 41.6 Å². The summed E-state index contributed by atoms with van der Waals surface area (Å²) in [5.41, 5.74) is -0.813. The maximum Gasteiger partial charge on any atom is 0.419 e. The summed E-state index contributed by atoms with van der Waals surface area (Å²) < 4.78 is 48.7. The van der Waals surface area contributed by atoms with Crippen LogP contribution in [0.15, 0.2) is 30.5 Å². The largest absolute Gasteiger partial charge is 0.496 e. The van der Waals surface area contributed by atoms with E-state index in [1.807, 2.05) is 0 Å². The molecule has 0 saturated heterocycles. The Bertz CT molecular complexity index is 744. The third-order valence-electron chi connectivity index (χ3n) is 3.11. The van der Waals surface area contributed by atoms with Gasteiger partial charge in [0, 0.05) is 11.8 Å². The lowest BCUT2D eigenvalue weighted by Gasteiger charge is -2.14. The van der Waals surface area contributed by atoms with Gasteiger partial charge in [-0.15, -0.1) is 0 Å². The number of carbonyl (C=O) groups is 1. The van der Waals surface area contributed by atoms with Crippen molar-refractivity contribution >= 4 is 5.97 Å². The number of methoxy groups -OCH3 is 2. The van der Waals surface area contributed by atoms with Crippen molar-refractivity contribution in [3.63, 3.8) is 0 Å². The number of ether oxygens (including phenoxy) is 2. The van der Waals surface area contributed by atoms with Crippen molar-refractivity contribution in [1.29, 1.82) is 0 Å². The number of nitrogens with zero attached hydrogens (tertiary/aromatic N) is 1. The van der Waals surface area contributed by atoms with Crippen molar-refractivity contribution in [2.24, 2.45) is 0 Å². The SMILES string of the molecule is COc1ccc(-c2cnc(OC)c(C(=O)O)c2)cc1C(F)(F)F. The van der Waals surface area contributed by atoms with Crippen molar-refractivity contribution in [2.45, 2.75) is 6.18 Å². The maximum atomic E-state index is 13.0. The molecule has 2 rings (SSSR count). The third-order valence-corrected chi connectivity index (χ3v) is 3.11. The van der Waals surface area contributed by atoms with Gasteiger partial charge >= 0.3 is 12.1 Å². The van der Waals surface area contributed by atoms with Crippen LogP contribution in [0.5, 0.6) is 11.6 Å². The molecule has 0 atom stereocenters. The van der Waals surface area contributed by atoms with Crippen LogP contribution in [0.3, 0.4) is 0 Å². The van der Waals surface area contributed by atoms with Crippen molar-refractivity contribution in [2.75, 3.05) is 14.2 Å². The minimum absolute atomic E-state index is 0.120. The van der Waals surface area contributed by atoms with Crippen molar-refractivity contribution in [3.8, 4) is 22.8 Å². The van der Waals surface area contributed by atoms with Gasteiger partial charge in [0.2, 0.25) is 5.88 Å². The lowest BCUT2D eigenvalue weighted by atomic mass is 10.0. The summed E-state index contributed by atoms with van der Waals surface area (Å²) in [5, 5.41) is 9.11. The number of alkyl halides is 3. The highest BCUT2D eigenvalue weighted by molar-refractivity contribution is 5.91. The molecule has 122 valence electrons. The van der Waals surface area contributed by atoms with E-state index in [-0.39, 0.29) is 28.3 Å². The van der Waals surface area contributed by atoms with Gasteiger partial charge in [0.15, 0.2) is 0 Å². The summed E-state index contributed by atoms with van der Waals surface area (Å²) in [6.07, 6.45) is -3.36. The summed E-state index contributed by atoms with van der Waals surface area (Å²) in [6.45, 7) is 0. The predicted octanol–water partition coefficient (Wildman–Crippen LogP) is 3.48. The zero-order chi connectivity index (χ0) is 17.2. The Morgan fingerprint density at radius 1 is 1.13 bits per heavy atom. The third kappa shape index (κ3) is 3.36. The Morgan fingerprint density at radius 2 is 1.83 bits per heavy atom. The molecule has 0 aliphatic carbocycles. The van der Waals surface area contributed by atoms with E-state index in [9.17, 15) is 18.0 Å². The van der Waals surface area contributed by atoms with Crippen LogP contribution < -0.4 is 9.47 Å². The van der Waals surface area contributed by atoms with Gasteiger partial charge in [-0.3, -0.25) is 0 Å². The molecule has 1 aromatic carbocycles. The van der Waals surface area contributed by atoms with Crippen molar-refractivity contribution in [1.82, 2.24) is 4.98 Å². The summed E-state index contributed by atoms with van der Waals surface area (Å²) in [7, 11) is 2.39. The second-order valence-corrected chi connectivity index (χ2v) is 4.50. The highest BCUT2D eigenvalue weighted by Crippen LogP contribution is 2.38. The van der Waals surface area contributed by atoms with Gasteiger partial charge in [-0.2, -0.15) is 13.2 Å². The van der Waals surface area contributed by atoms with E-state index in [4.69, 9.17) is 14.6 Å². The summed E-state index contributed by atoms with van der Waals surface area (Å²) in [4.78, 5) is 15.0. The zero-order valence-corrected chi connectivity index (χ0v) is 12.1. The molecule has 0 fully saturated rings. The van der Waals surface area contributed by atoms with Gasteiger partial charge in [0.25, 0.3) is 0 Å². The first-order valence-corrected chi connectivity index (χ1v) is 6.31. The van der Waals surface area contributed by atoms with Gasteiger partial charge in [0.1, 0.15) is 11.3 Å². The molecule has 0 spiro atoms. The number of carboxylic acids is 1. The number of benzene rings is 1. The molecule has 1 heterocycles. The Kier molecular flexibility index (Phi) is 4.44. The number of rotatable bonds is 4. The highest BCUT2D eigenvalue weighted by atomic mass is 19.4. The van der Waals surface area contributed by atoms with Gasteiger partial charge in [0.05, 0.1) is 19.8 Å². The van der Waals surface area contributed by atoms with E-state index < -0.39 is 17.7 Å². The monoisotopic (exact) mass is 327 g/mol. The summed E-state index contributed by atoms with van der Waals surface area (Å²) >= 11 is 0. The smallest absolute Gasteiger partial charge is 0.419 e. The fourth-order valence-electron chi connectivity index (χ4n) is 2.04. The standard InChI is InChI=1S/C15H12F3NO4/c1-22-12-4-3-8(6-11(12)15(16,17)18)9-5-10(14(20)21)13(23-2)19-7-9/h3-7H,1-2H3,(H,20,21). The van der Waals surface area contributed by atoms with E-state index in [1.54, 1.807) is 0 Å². The second-order valence-electron chi connectivity index (χ2n) is 4.50. The van der Waals surface area contributed by atoms with Gasteiger partial charge < -0.3 is 14.6 Å². The molecule has 0 radical (unpaired) electrons. The molecule has 8 heteroatoms. The lowest BCUT2D eigenvalue weighted by Crippen LogP contribution is -2.08. The normalized spacial score (nSPS) is 11.2. The molecule has 0 saturated carbocycles. The molecular formula is C15H12F3NO4. The number of hydrogen-bond acceptors (Lipinski definition) is 4. The number of aromatic nitrogens is 1. The molecule has 23 heavy (non-hydrogen) atoms. The molecule has 0 unspecified atom stereocenters. The first kappa shape index (κ1) is 16.6. The number of carboxylic acid groups (broad SMARTS) is 1. The van der Waals surface area contributed by atoms with Crippen LogP contribution >= 0.6 is 0 Å². The fourth-order valence-corrected chi connectivity index (χ4v) is 2.04. The van der Waals surface area contributed by atoms with E-state index in [0.717, 1.165) is 13.2 Å². The summed E-state index contributed by atoms with van der Waals surface area (Å²) in [6, 6.07) is 4.65. The second kappa shape index (κ2) is 6.15. The molecular weight excluding hydrogens is 315 g/mol. The first-order valence-electron chi connectivity index (χ1n) is 6.31. The van der Waals surface area contributed by atoms with E-state index >= 15 is 0 Å². The van der Waals surface area contributed by atoms with Gasteiger partial charge in [-0.05, 0) is 23.8 Å². The molecule has 2 aromatic rings. The Labute approximate surface area is 129 Å². The summed E-state index contributed by atoms with van der Waals surface area (Å²) in [5.74, 6) is -1.73. The lowest BCUT2D eigenvalue weighted by molar-refractivity contribution is -0.138. The zero-order valence-electron chi connectivity index (χ0n) is 12.1. The van der Waals surface area contributed by atoms with Crippen LogP contribution in [0.25, 0.3) is 11.1 Å². The molecule has 0 aliphatic rings. The highest BCUT2D eigenvalue weighted by Gasteiger charge is 2.34. The minimum atomic E-state index is -4.60. The van der Waals surface area contributed by atoms with E-state index in [1.165, 1.54) is 31.5 Å². The van der Waals surface area contributed by atoms with E-state index in [0.29, 0.717) is 0 Å². The van der Waals surface area contributed by atoms with Crippen molar-refractivity contribution < 1.29 is 32.5 Å². The molecule has 0 aliphatic heterocycles. The fraction of sp³-hybridized carbons (Fsp3) is 0.200. The van der Waals surface area contributed by atoms with Gasteiger partial charge in [-0.25, -0.2) is 9.78 Å². The quantitative estimate of drug-likeness (QED) is 0.931. The molecule has 0 amide bonds. The Balaban J connectivity index is 2.59. The molecule has 0 bridgehead atoms. The average molecular weight is 327 g/mol. The van der Waals surface area contributed by atoms with Crippen LogP contribution in [0, 0.1) is 0 Å². The Hall–Kier alpha value is -2.77. The topological polar surface area (TPSA) is 68.7 Å². The number of hydrogen-bond donors (Lipinski definition) is 1. The Morgan fingerprint density at radius 3 is 2.35 bits per heavy atom. The molecule has 5 nitrogen and oxygen atoms in total. The minimum Gasteiger partial charge on any atom is -0.496 e. The van der Waals surface area contributed by atoms with Crippen LogP contribution in [-0.4, -0.2) is 30.3 Å². The number of aromatic carboxylic acids is 1. The molecule has 1 N–H and O–H groups in total. The first-order chi connectivity index (χ1) is 10.8. The number of pyridine rings is 1. The average Bonchev–Trinajstić information content (AvgIpc) is 2.52. The molecule has 1 aromatic heterocycles. The van der Waals surface area contributed by atoms with Crippen LogP contribution in [0.4, 0.5) is 13.2 Å².